The number of carbonyl (C=O) groups is 1. The summed E-state index contributed by atoms with van der Waals surface area (Å²) in [6.45, 7) is 1.20. The molecule has 108 valence electrons. The van der Waals surface area contributed by atoms with Crippen molar-refractivity contribution in [3.8, 4) is 5.75 Å². The number of methoxy groups -OCH3 is 2. The van der Waals surface area contributed by atoms with E-state index in [0.29, 0.717) is 23.7 Å². The minimum absolute atomic E-state index is 0.140. The highest BCUT2D eigenvalue weighted by molar-refractivity contribution is 7.21. The first-order valence-corrected chi connectivity index (χ1v) is 7.12. The predicted octanol–water partition coefficient (Wildman–Crippen LogP) is 2.26. The molecule has 1 amide bonds. The van der Waals surface area contributed by atoms with Crippen LogP contribution in [0.2, 0.25) is 0 Å². The Labute approximate surface area is 121 Å². The van der Waals surface area contributed by atoms with Crippen LogP contribution in [0.4, 0.5) is 5.69 Å². The van der Waals surface area contributed by atoms with Crippen LogP contribution in [-0.2, 0) is 4.74 Å². The van der Waals surface area contributed by atoms with E-state index >= 15 is 0 Å². The SMILES string of the molecule is COCCCNC(=O)c1sc2cc(OC)ccc2c1N. The van der Waals surface area contributed by atoms with Crippen molar-refractivity contribution in [3.05, 3.63) is 23.1 Å². The largest absolute Gasteiger partial charge is 0.497 e. The first kappa shape index (κ1) is 14.6. The molecule has 0 aliphatic heterocycles. The van der Waals surface area contributed by atoms with E-state index in [1.54, 1.807) is 14.2 Å². The van der Waals surface area contributed by atoms with Gasteiger partial charge < -0.3 is 20.5 Å². The van der Waals surface area contributed by atoms with Gasteiger partial charge in [0.1, 0.15) is 10.6 Å². The van der Waals surface area contributed by atoms with Gasteiger partial charge in [0.15, 0.2) is 0 Å². The Hall–Kier alpha value is -1.79. The van der Waals surface area contributed by atoms with Crippen molar-refractivity contribution < 1.29 is 14.3 Å². The summed E-state index contributed by atoms with van der Waals surface area (Å²) in [6, 6.07) is 5.60. The molecule has 0 bridgehead atoms. The van der Waals surface area contributed by atoms with Gasteiger partial charge in [-0.25, -0.2) is 0 Å². The fourth-order valence-electron chi connectivity index (χ4n) is 1.89. The Balaban J connectivity index is 2.17. The molecule has 2 rings (SSSR count). The molecule has 1 aromatic heterocycles. The molecule has 3 N–H and O–H groups in total. The predicted molar refractivity (Wildman–Crippen MR) is 81.6 cm³/mol. The molecule has 0 aliphatic rings. The van der Waals surface area contributed by atoms with Crippen LogP contribution in [0.15, 0.2) is 18.2 Å². The summed E-state index contributed by atoms with van der Waals surface area (Å²) in [6.07, 6.45) is 0.779. The average Bonchev–Trinajstić information content (AvgIpc) is 2.80. The molecular weight excluding hydrogens is 276 g/mol. The minimum atomic E-state index is -0.140. The maximum atomic E-state index is 12.1. The molecule has 6 heteroatoms. The number of thiophene rings is 1. The van der Waals surface area contributed by atoms with E-state index in [-0.39, 0.29) is 5.91 Å². The molecule has 0 saturated heterocycles. The number of fused-ring (bicyclic) bond motifs is 1. The highest BCUT2D eigenvalue weighted by atomic mass is 32.1. The van der Waals surface area contributed by atoms with Crippen LogP contribution in [0, 0.1) is 0 Å². The van der Waals surface area contributed by atoms with E-state index in [0.717, 1.165) is 22.3 Å². The zero-order valence-corrected chi connectivity index (χ0v) is 12.4. The van der Waals surface area contributed by atoms with Crippen LogP contribution in [0.3, 0.4) is 0 Å². The van der Waals surface area contributed by atoms with Crippen LogP contribution in [-0.4, -0.2) is 33.3 Å². The number of nitrogens with one attached hydrogen (secondary N) is 1. The summed E-state index contributed by atoms with van der Waals surface area (Å²) < 4.78 is 11.1. The van der Waals surface area contributed by atoms with Crippen molar-refractivity contribution in [2.24, 2.45) is 0 Å². The fraction of sp³-hybridized carbons (Fsp3) is 0.357. The van der Waals surface area contributed by atoms with Gasteiger partial charge in [0, 0.05) is 30.3 Å². The zero-order chi connectivity index (χ0) is 14.5. The molecule has 2 aromatic rings. The smallest absolute Gasteiger partial charge is 0.263 e. The number of carbonyl (C=O) groups excluding carboxylic acids is 1. The van der Waals surface area contributed by atoms with Crippen molar-refractivity contribution in [1.82, 2.24) is 5.32 Å². The van der Waals surface area contributed by atoms with Crippen LogP contribution in [0.1, 0.15) is 16.1 Å². The minimum Gasteiger partial charge on any atom is -0.497 e. The molecule has 0 unspecified atom stereocenters. The first-order valence-electron chi connectivity index (χ1n) is 6.30. The van der Waals surface area contributed by atoms with E-state index < -0.39 is 0 Å². The third kappa shape index (κ3) is 3.02. The Morgan fingerprint density at radius 1 is 1.40 bits per heavy atom. The lowest BCUT2D eigenvalue weighted by molar-refractivity contribution is 0.0953. The fourth-order valence-corrected chi connectivity index (χ4v) is 2.96. The van der Waals surface area contributed by atoms with Crippen LogP contribution >= 0.6 is 11.3 Å². The molecule has 0 atom stereocenters. The van der Waals surface area contributed by atoms with E-state index in [1.807, 2.05) is 18.2 Å². The number of nitrogen functional groups attached to an aromatic ring is 1. The van der Waals surface area contributed by atoms with Gasteiger partial charge in [-0.1, -0.05) is 0 Å². The van der Waals surface area contributed by atoms with Crippen LogP contribution in [0.5, 0.6) is 5.75 Å². The van der Waals surface area contributed by atoms with Crippen molar-refractivity contribution >= 4 is 33.0 Å². The topological polar surface area (TPSA) is 73.6 Å². The average molecular weight is 294 g/mol. The van der Waals surface area contributed by atoms with Crippen molar-refractivity contribution in [2.45, 2.75) is 6.42 Å². The molecule has 0 spiro atoms. The first-order chi connectivity index (χ1) is 9.67. The van der Waals surface area contributed by atoms with Gasteiger partial charge >= 0.3 is 0 Å². The third-order valence-corrected chi connectivity index (χ3v) is 4.12. The lowest BCUT2D eigenvalue weighted by atomic mass is 10.2. The summed E-state index contributed by atoms with van der Waals surface area (Å²) in [5, 5.41) is 3.73. The summed E-state index contributed by atoms with van der Waals surface area (Å²) >= 11 is 1.38. The molecule has 1 heterocycles. The second-order valence-electron chi connectivity index (χ2n) is 4.31. The Bertz CT molecular complexity index is 610. The summed E-state index contributed by atoms with van der Waals surface area (Å²) in [5.74, 6) is 0.615. The van der Waals surface area contributed by atoms with Gasteiger partial charge in [0.2, 0.25) is 0 Å². The number of benzene rings is 1. The number of nitrogens with two attached hydrogens (primary N) is 1. The second-order valence-corrected chi connectivity index (χ2v) is 5.36. The highest BCUT2D eigenvalue weighted by Gasteiger charge is 2.16. The summed E-state index contributed by atoms with van der Waals surface area (Å²) in [4.78, 5) is 12.6. The number of amides is 1. The molecule has 1 aromatic carbocycles. The molecule has 20 heavy (non-hydrogen) atoms. The van der Waals surface area contributed by atoms with Gasteiger partial charge in [-0.15, -0.1) is 11.3 Å². The number of ether oxygens (including phenoxy) is 2. The quantitative estimate of drug-likeness (QED) is 0.801. The van der Waals surface area contributed by atoms with Gasteiger partial charge in [0.05, 0.1) is 12.8 Å². The van der Waals surface area contributed by atoms with Gasteiger partial charge in [-0.2, -0.15) is 0 Å². The molecule has 5 nitrogen and oxygen atoms in total. The maximum Gasteiger partial charge on any atom is 0.263 e. The lowest BCUT2D eigenvalue weighted by Crippen LogP contribution is -2.25. The highest BCUT2D eigenvalue weighted by Crippen LogP contribution is 2.35. The van der Waals surface area contributed by atoms with Crippen LogP contribution in [0.25, 0.3) is 10.1 Å². The molecule has 0 fully saturated rings. The Morgan fingerprint density at radius 3 is 2.90 bits per heavy atom. The van der Waals surface area contributed by atoms with Gasteiger partial charge in [-0.3, -0.25) is 4.79 Å². The standard InChI is InChI=1S/C14H18N2O3S/c1-18-7-3-6-16-14(17)13-12(15)10-5-4-9(19-2)8-11(10)20-13/h4-5,8H,3,6-7,15H2,1-2H3,(H,16,17). The Kier molecular flexibility index (Phi) is 4.81. The normalized spacial score (nSPS) is 10.7. The third-order valence-electron chi connectivity index (χ3n) is 2.95. The second kappa shape index (κ2) is 6.58. The summed E-state index contributed by atoms with van der Waals surface area (Å²) in [5.41, 5.74) is 6.57. The number of anilines is 1. The van der Waals surface area contributed by atoms with E-state index in [9.17, 15) is 4.79 Å². The monoisotopic (exact) mass is 294 g/mol. The molecule has 0 radical (unpaired) electrons. The van der Waals surface area contributed by atoms with Crippen molar-refractivity contribution in [2.75, 3.05) is 33.1 Å². The maximum absolute atomic E-state index is 12.1. The van der Waals surface area contributed by atoms with E-state index in [2.05, 4.69) is 5.32 Å². The summed E-state index contributed by atoms with van der Waals surface area (Å²) in [7, 11) is 3.25. The van der Waals surface area contributed by atoms with Gasteiger partial charge in [0.25, 0.3) is 5.91 Å². The number of hydrogen-bond acceptors (Lipinski definition) is 5. The zero-order valence-electron chi connectivity index (χ0n) is 11.6. The number of rotatable bonds is 6. The Morgan fingerprint density at radius 2 is 2.20 bits per heavy atom. The van der Waals surface area contributed by atoms with Crippen molar-refractivity contribution in [1.29, 1.82) is 0 Å². The van der Waals surface area contributed by atoms with Crippen molar-refractivity contribution in [3.63, 3.8) is 0 Å². The molecule has 0 aliphatic carbocycles. The van der Waals surface area contributed by atoms with Crippen LogP contribution < -0.4 is 15.8 Å². The van der Waals surface area contributed by atoms with E-state index in [1.165, 1.54) is 11.3 Å². The number of hydrogen-bond donors (Lipinski definition) is 2. The molecule has 0 saturated carbocycles. The lowest BCUT2D eigenvalue weighted by Gasteiger charge is -2.03. The van der Waals surface area contributed by atoms with E-state index in [4.69, 9.17) is 15.2 Å². The van der Waals surface area contributed by atoms with Gasteiger partial charge in [-0.05, 0) is 24.6 Å². The molecular formula is C14H18N2O3S.